The standard InChI is InChI=1S/C19H22ClNO4/c1-4-16(25-15-7-5-6-14(20)11-15)19(22)21-12-13-8-9-17(23-2)18(10-13)24-3/h5-11,16H,4,12H2,1-3H3,(H,21,22)/t16-/m1/s1. The molecule has 1 N–H and O–H groups in total. The van der Waals surface area contributed by atoms with Gasteiger partial charge in [0.05, 0.1) is 14.2 Å². The number of hydrogen-bond donors (Lipinski definition) is 1. The SMILES string of the molecule is CC[C@@H](Oc1cccc(Cl)c1)C(=O)NCc1ccc(OC)c(OC)c1. The number of rotatable bonds is 8. The van der Waals surface area contributed by atoms with Crippen molar-refractivity contribution in [3.05, 3.63) is 53.1 Å². The number of amides is 1. The Labute approximate surface area is 152 Å². The van der Waals surface area contributed by atoms with Crippen LogP contribution in [0, 0.1) is 0 Å². The largest absolute Gasteiger partial charge is 0.493 e. The summed E-state index contributed by atoms with van der Waals surface area (Å²) in [6.07, 6.45) is -0.0387. The molecule has 0 heterocycles. The highest BCUT2D eigenvalue weighted by Gasteiger charge is 2.18. The van der Waals surface area contributed by atoms with Crippen molar-refractivity contribution in [2.45, 2.75) is 26.0 Å². The quantitative estimate of drug-likeness (QED) is 0.774. The summed E-state index contributed by atoms with van der Waals surface area (Å²) in [5, 5.41) is 3.45. The normalized spacial score (nSPS) is 11.5. The molecule has 0 saturated carbocycles. The van der Waals surface area contributed by atoms with Crippen LogP contribution in [0.3, 0.4) is 0 Å². The van der Waals surface area contributed by atoms with Gasteiger partial charge < -0.3 is 19.5 Å². The van der Waals surface area contributed by atoms with Crippen LogP contribution in [0.4, 0.5) is 0 Å². The molecule has 0 aliphatic carbocycles. The molecule has 0 fully saturated rings. The molecule has 6 heteroatoms. The van der Waals surface area contributed by atoms with Crippen molar-refractivity contribution in [1.82, 2.24) is 5.32 Å². The third-order valence-corrected chi connectivity index (χ3v) is 3.89. The van der Waals surface area contributed by atoms with Crippen LogP contribution in [0.25, 0.3) is 0 Å². The zero-order valence-corrected chi connectivity index (χ0v) is 15.3. The van der Waals surface area contributed by atoms with E-state index in [1.165, 1.54) is 0 Å². The lowest BCUT2D eigenvalue weighted by Crippen LogP contribution is -2.37. The topological polar surface area (TPSA) is 56.8 Å². The summed E-state index contributed by atoms with van der Waals surface area (Å²) in [4.78, 5) is 12.4. The van der Waals surface area contributed by atoms with Gasteiger partial charge in [0.2, 0.25) is 0 Å². The minimum atomic E-state index is -0.585. The first-order valence-corrected chi connectivity index (χ1v) is 8.36. The van der Waals surface area contributed by atoms with E-state index in [1.807, 2.05) is 19.1 Å². The molecule has 2 aromatic rings. The molecule has 0 unspecified atom stereocenters. The maximum Gasteiger partial charge on any atom is 0.261 e. The Balaban J connectivity index is 1.98. The van der Waals surface area contributed by atoms with Crippen LogP contribution in [-0.4, -0.2) is 26.2 Å². The van der Waals surface area contributed by atoms with Crippen LogP contribution in [0.1, 0.15) is 18.9 Å². The second kappa shape index (κ2) is 9.18. The summed E-state index contributed by atoms with van der Waals surface area (Å²) in [6, 6.07) is 12.5. The Hall–Kier alpha value is -2.40. The third-order valence-electron chi connectivity index (χ3n) is 3.65. The average Bonchev–Trinajstić information content (AvgIpc) is 2.63. The molecule has 1 amide bonds. The number of carbonyl (C=O) groups excluding carboxylic acids is 1. The van der Waals surface area contributed by atoms with Crippen molar-refractivity contribution in [3.63, 3.8) is 0 Å². The lowest BCUT2D eigenvalue weighted by molar-refractivity contribution is -0.128. The fourth-order valence-corrected chi connectivity index (χ4v) is 2.50. The Kier molecular flexibility index (Phi) is 6.95. The van der Waals surface area contributed by atoms with Crippen molar-refractivity contribution >= 4 is 17.5 Å². The number of nitrogens with one attached hydrogen (secondary N) is 1. The van der Waals surface area contributed by atoms with Crippen molar-refractivity contribution in [2.75, 3.05) is 14.2 Å². The molecule has 25 heavy (non-hydrogen) atoms. The molecule has 0 aromatic heterocycles. The van der Waals surface area contributed by atoms with E-state index in [9.17, 15) is 4.79 Å². The predicted molar refractivity (Wildman–Crippen MR) is 97.6 cm³/mol. The molecule has 1 atom stereocenters. The van der Waals surface area contributed by atoms with E-state index in [-0.39, 0.29) is 5.91 Å². The highest BCUT2D eigenvalue weighted by molar-refractivity contribution is 6.30. The molecular weight excluding hydrogens is 342 g/mol. The smallest absolute Gasteiger partial charge is 0.261 e. The molecule has 0 radical (unpaired) electrons. The molecule has 0 aliphatic heterocycles. The van der Waals surface area contributed by atoms with Crippen molar-refractivity contribution in [2.24, 2.45) is 0 Å². The maximum atomic E-state index is 12.4. The zero-order chi connectivity index (χ0) is 18.2. The number of halogens is 1. The van der Waals surface area contributed by atoms with Gasteiger partial charge in [0.1, 0.15) is 5.75 Å². The van der Waals surface area contributed by atoms with Gasteiger partial charge in [-0.3, -0.25) is 4.79 Å². The Bertz CT molecular complexity index is 720. The van der Waals surface area contributed by atoms with Crippen LogP contribution in [0.5, 0.6) is 17.2 Å². The van der Waals surface area contributed by atoms with Crippen molar-refractivity contribution in [1.29, 1.82) is 0 Å². The number of ether oxygens (including phenoxy) is 3. The van der Waals surface area contributed by atoms with E-state index in [0.29, 0.717) is 35.2 Å². The first kappa shape index (κ1) is 18.9. The Morgan fingerprint density at radius 1 is 1.12 bits per heavy atom. The van der Waals surface area contributed by atoms with Gasteiger partial charge in [-0.2, -0.15) is 0 Å². The molecular formula is C19H22ClNO4. The van der Waals surface area contributed by atoms with Gasteiger partial charge >= 0.3 is 0 Å². The molecule has 0 aliphatic rings. The summed E-state index contributed by atoms with van der Waals surface area (Å²) < 4.78 is 16.2. The van der Waals surface area contributed by atoms with Crippen LogP contribution >= 0.6 is 11.6 Å². The van der Waals surface area contributed by atoms with Crippen LogP contribution < -0.4 is 19.5 Å². The molecule has 2 rings (SSSR count). The molecule has 0 bridgehead atoms. The van der Waals surface area contributed by atoms with Gasteiger partial charge in [0.15, 0.2) is 17.6 Å². The van der Waals surface area contributed by atoms with Gasteiger partial charge in [-0.15, -0.1) is 0 Å². The predicted octanol–water partition coefficient (Wildman–Crippen LogP) is 3.83. The second-order valence-corrected chi connectivity index (χ2v) is 5.82. The molecule has 5 nitrogen and oxygen atoms in total. The van der Waals surface area contributed by atoms with Gasteiger partial charge in [-0.25, -0.2) is 0 Å². The van der Waals surface area contributed by atoms with Crippen molar-refractivity contribution in [3.8, 4) is 17.2 Å². The highest BCUT2D eigenvalue weighted by atomic mass is 35.5. The third kappa shape index (κ3) is 5.29. The number of carbonyl (C=O) groups is 1. The van der Waals surface area contributed by atoms with E-state index < -0.39 is 6.10 Å². The van der Waals surface area contributed by atoms with Gasteiger partial charge in [-0.1, -0.05) is 30.7 Å². The monoisotopic (exact) mass is 363 g/mol. The number of benzene rings is 2. The summed E-state index contributed by atoms with van der Waals surface area (Å²) >= 11 is 5.94. The molecule has 134 valence electrons. The lowest BCUT2D eigenvalue weighted by atomic mass is 10.2. The highest BCUT2D eigenvalue weighted by Crippen LogP contribution is 2.27. The molecule has 0 spiro atoms. The molecule has 2 aromatic carbocycles. The molecule has 0 saturated heterocycles. The first-order valence-electron chi connectivity index (χ1n) is 7.98. The minimum absolute atomic E-state index is 0.183. The van der Waals surface area contributed by atoms with E-state index in [4.69, 9.17) is 25.8 Å². The number of methoxy groups -OCH3 is 2. The minimum Gasteiger partial charge on any atom is -0.493 e. The van der Waals surface area contributed by atoms with E-state index in [1.54, 1.807) is 44.6 Å². The second-order valence-electron chi connectivity index (χ2n) is 5.38. The average molecular weight is 364 g/mol. The Morgan fingerprint density at radius 3 is 2.52 bits per heavy atom. The Morgan fingerprint density at radius 2 is 1.88 bits per heavy atom. The number of hydrogen-bond acceptors (Lipinski definition) is 4. The van der Waals surface area contributed by atoms with E-state index in [2.05, 4.69) is 5.32 Å². The van der Waals surface area contributed by atoms with Crippen LogP contribution in [-0.2, 0) is 11.3 Å². The lowest BCUT2D eigenvalue weighted by Gasteiger charge is -2.18. The van der Waals surface area contributed by atoms with Gasteiger partial charge in [0, 0.05) is 11.6 Å². The maximum absolute atomic E-state index is 12.4. The summed E-state index contributed by atoms with van der Waals surface area (Å²) in [5.41, 5.74) is 0.906. The van der Waals surface area contributed by atoms with Gasteiger partial charge in [-0.05, 0) is 42.3 Å². The summed E-state index contributed by atoms with van der Waals surface area (Å²) in [5.74, 6) is 1.66. The summed E-state index contributed by atoms with van der Waals surface area (Å²) in [6.45, 7) is 2.26. The van der Waals surface area contributed by atoms with E-state index >= 15 is 0 Å². The fourth-order valence-electron chi connectivity index (χ4n) is 2.32. The van der Waals surface area contributed by atoms with Crippen LogP contribution in [0.2, 0.25) is 5.02 Å². The zero-order valence-electron chi connectivity index (χ0n) is 14.5. The van der Waals surface area contributed by atoms with Crippen molar-refractivity contribution < 1.29 is 19.0 Å². The first-order chi connectivity index (χ1) is 12.1. The summed E-state index contributed by atoms with van der Waals surface area (Å²) in [7, 11) is 3.16. The fraction of sp³-hybridized carbons (Fsp3) is 0.316. The van der Waals surface area contributed by atoms with Gasteiger partial charge in [0.25, 0.3) is 5.91 Å². The van der Waals surface area contributed by atoms with E-state index in [0.717, 1.165) is 5.56 Å². The van der Waals surface area contributed by atoms with Crippen LogP contribution in [0.15, 0.2) is 42.5 Å².